The predicted molar refractivity (Wildman–Crippen MR) is 82.8 cm³/mol. The Morgan fingerprint density at radius 3 is 2.41 bits per heavy atom. The molecule has 0 aromatic heterocycles. The zero-order valence-electron chi connectivity index (χ0n) is 13.1. The van der Waals surface area contributed by atoms with Crippen molar-refractivity contribution in [2.75, 3.05) is 46.7 Å². The highest BCUT2D eigenvalue weighted by atomic mass is 16.5. The molecule has 0 bridgehead atoms. The topological polar surface area (TPSA) is 66.0 Å². The highest BCUT2D eigenvalue weighted by Gasteiger charge is 2.01. The van der Waals surface area contributed by atoms with E-state index in [9.17, 15) is 4.79 Å². The van der Waals surface area contributed by atoms with Crippen molar-refractivity contribution < 1.29 is 23.7 Å². The molecule has 124 valence electrons. The Hall–Kier alpha value is -1.63. The van der Waals surface area contributed by atoms with E-state index in [-0.39, 0.29) is 6.61 Å². The first-order valence-corrected chi connectivity index (χ1v) is 7.42. The van der Waals surface area contributed by atoms with Gasteiger partial charge in [-0.05, 0) is 12.0 Å². The van der Waals surface area contributed by atoms with E-state index in [1.807, 2.05) is 30.3 Å². The third-order valence-corrected chi connectivity index (χ3v) is 2.75. The van der Waals surface area contributed by atoms with Crippen molar-refractivity contribution in [1.29, 1.82) is 0 Å². The summed E-state index contributed by atoms with van der Waals surface area (Å²) in [7, 11) is 1.64. The largest absolute Gasteiger partial charge is 0.445 e. The fourth-order valence-corrected chi connectivity index (χ4v) is 1.60. The molecular formula is C16H25NO5. The van der Waals surface area contributed by atoms with Crippen LogP contribution in [0.3, 0.4) is 0 Å². The summed E-state index contributed by atoms with van der Waals surface area (Å²) in [6, 6.07) is 9.57. The average molecular weight is 311 g/mol. The first kappa shape index (κ1) is 18.4. The van der Waals surface area contributed by atoms with Crippen LogP contribution < -0.4 is 5.32 Å². The molecule has 1 aromatic rings. The van der Waals surface area contributed by atoms with Crippen molar-refractivity contribution in [3.05, 3.63) is 35.9 Å². The Bertz CT molecular complexity index is 385. The van der Waals surface area contributed by atoms with Gasteiger partial charge in [0.15, 0.2) is 0 Å². The second-order valence-electron chi connectivity index (χ2n) is 4.56. The number of amides is 1. The molecule has 22 heavy (non-hydrogen) atoms. The molecule has 0 heterocycles. The van der Waals surface area contributed by atoms with Crippen molar-refractivity contribution in [1.82, 2.24) is 5.32 Å². The van der Waals surface area contributed by atoms with Crippen LogP contribution in [0.25, 0.3) is 0 Å². The zero-order chi connectivity index (χ0) is 15.9. The van der Waals surface area contributed by atoms with Crippen LogP contribution in [0.2, 0.25) is 0 Å². The lowest BCUT2D eigenvalue weighted by molar-refractivity contribution is 0.0243. The van der Waals surface area contributed by atoms with Crippen molar-refractivity contribution in [2.45, 2.75) is 13.0 Å². The van der Waals surface area contributed by atoms with Crippen molar-refractivity contribution in [3.63, 3.8) is 0 Å². The molecule has 0 saturated carbocycles. The summed E-state index contributed by atoms with van der Waals surface area (Å²) < 4.78 is 20.6. The van der Waals surface area contributed by atoms with Gasteiger partial charge in [0.05, 0.1) is 26.4 Å². The Morgan fingerprint density at radius 2 is 1.68 bits per heavy atom. The van der Waals surface area contributed by atoms with Crippen LogP contribution in [0.1, 0.15) is 12.0 Å². The number of carbonyl (C=O) groups excluding carboxylic acids is 1. The van der Waals surface area contributed by atoms with Gasteiger partial charge in [-0.3, -0.25) is 0 Å². The summed E-state index contributed by atoms with van der Waals surface area (Å²) in [5.41, 5.74) is 0.967. The lowest BCUT2D eigenvalue weighted by atomic mass is 10.2. The number of hydrogen-bond acceptors (Lipinski definition) is 5. The van der Waals surface area contributed by atoms with E-state index in [1.165, 1.54) is 0 Å². The number of nitrogens with one attached hydrogen (secondary N) is 1. The van der Waals surface area contributed by atoms with Gasteiger partial charge >= 0.3 is 6.09 Å². The number of benzene rings is 1. The summed E-state index contributed by atoms with van der Waals surface area (Å²) in [6.07, 6.45) is 0.324. The SMILES string of the molecule is COCCOCCOCCCNC(=O)OCc1ccccc1. The minimum Gasteiger partial charge on any atom is -0.445 e. The summed E-state index contributed by atoms with van der Waals surface area (Å²) in [6.45, 7) is 3.65. The van der Waals surface area contributed by atoms with Crippen LogP contribution in [0.5, 0.6) is 0 Å². The molecule has 1 amide bonds. The first-order valence-electron chi connectivity index (χ1n) is 7.42. The van der Waals surface area contributed by atoms with E-state index >= 15 is 0 Å². The number of hydrogen-bond donors (Lipinski definition) is 1. The van der Waals surface area contributed by atoms with Gasteiger partial charge < -0.3 is 24.3 Å². The number of rotatable bonds is 12. The standard InChI is InChI=1S/C16H25NO5/c1-19-10-11-21-13-12-20-9-5-8-17-16(18)22-14-15-6-3-2-4-7-15/h2-4,6-7H,5,8-14H2,1H3,(H,17,18). The number of carbonyl (C=O) groups is 1. The smallest absolute Gasteiger partial charge is 0.407 e. The molecule has 0 atom stereocenters. The number of methoxy groups -OCH3 is 1. The van der Waals surface area contributed by atoms with E-state index < -0.39 is 6.09 Å². The van der Waals surface area contributed by atoms with Crippen LogP contribution in [-0.2, 0) is 25.6 Å². The first-order chi connectivity index (χ1) is 10.8. The molecule has 6 nitrogen and oxygen atoms in total. The molecule has 0 spiro atoms. The van der Waals surface area contributed by atoms with Crippen molar-refractivity contribution in [2.24, 2.45) is 0 Å². The van der Waals surface area contributed by atoms with Crippen LogP contribution in [0.15, 0.2) is 30.3 Å². The monoisotopic (exact) mass is 311 g/mol. The summed E-state index contributed by atoms with van der Waals surface area (Å²) in [5.74, 6) is 0. The van der Waals surface area contributed by atoms with Crippen LogP contribution in [-0.4, -0.2) is 52.8 Å². The molecule has 0 aliphatic carbocycles. The fraction of sp³-hybridized carbons (Fsp3) is 0.562. The quantitative estimate of drug-likeness (QED) is 0.598. The Morgan fingerprint density at radius 1 is 1.00 bits per heavy atom. The van der Waals surface area contributed by atoms with Gasteiger partial charge in [-0.2, -0.15) is 0 Å². The van der Waals surface area contributed by atoms with E-state index in [1.54, 1.807) is 7.11 Å². The minimum absolute atomic E-state index is 0.280. The van der Waals surface area contributed by atoms with E-state index in [2.05, 4.69) is 5.32 Å². The van der Waals surface area contributed by atoms with Gasteiger partial charge in [-0.1, -0.05) is 30.3 Å². The normalized spacial score (nSPS) is 10.4. The third kappa shape index (κ3) is 10.1. The molecule has 0 unspecified atom stereocenters. The second kappa shape index (κ2) is 13.1. The van der Waals surface area contributed by atoms with Crippen molar-refractivity contribution in [3.8, 4) is 0 Å². The van der Waals surface area contributed by atoms with Gasteiger partial charge in [0.2, 0.25) is 0 Å². The summed E-state index contributed by atoms with van der Waals surface area (Å²) in [4.78, 5) is 11.4. The molecule has 0 radical (unpaired) electrons. The van der Waals surface area contributed by atoms with Crippen LogP contribution in [0, 0.1) is 0 Å². The molecule has 0 aliphatic heterocycles. The molecule has 6 heteroatoms. The Balaban J connectivity index is 1.87. The van der Waals surface area contributed by atoms with Gasteiger partial charge in [0.1, 0.15) is 6.61 Å². The molecule has 1 N–H and O–H groups in total. The van der Waals surface area contributed by atoms with Gasteiger partial charge in [-0.25, -0.2) is 4.79 Å². The lowest BCUT2D eigenvalue weighted by Crippen LogP contribution is -2.26. The average Bonchev–Trinajstić information content (AvgIpc) is 2.55. The maximum Gasteiger partial charge on any atom is 0.407 e. The summed E-state index contributed by atoms with van der Waals surface area (Å²) >= 11 is 0. The fourth-order valence-electron chi connectivity index (χ4n) is 1.60. The summed E-state index contributed by atoms with van der Waals surface area (Å²) in [5, 5.41) is 2.68. The highest BCUT2D eigenvalue weighted by molar-refractivity contribution is 5.67. The maximum atomic E-state index is 11.4. The van der Waals surface area contributed by atoms with E-state index in [0.717, 1.165) is 12.0 Å². The molecule has 0 fully saturated rings. The number of alkyl carbamates (subject to hydrolysis) is 1. The molecule has 0 saturated heterocycles. The van der Waals surface area contributed by atoms with Gasteiger partial charge in [0, 0.05) is 20.3 Å². The zero-order valence-corrected chi connectivity index (χ0v) is 13.1. The van der Waals surface area contributed by atoms with Crippen LogP contribution in [0.4, 0.5) is 4.79 Å². The molecule has 0 aliphatic rings. The van der Waals surface area contributed by atoms with Crippen LogP contribution >= 0.6 is 0 Å². The van der Waals surface area contributed by atoms with Gasteiger partial charge in [0.25, 0.3) is 0 Å². The molecule has 1 rings (SSSR count). The molecular weight excluding hydrogens is 286 g/mol. The highest BCUT2D eigenvalue weighted by Crippen LogP contribution is 2.00. The predicted octanol–water partition coefficient (Wildman–Crippen LogP) is 1.98. The second-order valence-corrected chi connectivity index (χ2v) is 4.56. The Labute approximate surface area is 131 Å². The number of ether oxygens (including phenoxy) is 4. The third-order valence-electron chi connectivity index (χ3n) is 2.75. The maximum absolute atomic E-state index is 11.4. The van der Waals surface area contributed by atoms with Gasteiger partial charge in [-0.15, -0.1) is 0 Å². The Kier molecular flexibility index (Phi) is 10.9. The van der Waals surface area contributed by atoms with E-state index in [0.29, 0.717) is 39.6 Å². The van der Waals surface area contributed by atoms with E-state index in [4.69, 9.17) is 18.9 Å². The van der Waals surface area contributed by atoms with Crippen molar-refractivity contribution >= 4 is 6.09 Å². The lowest BCUT2D eigenvalue weighted by Gasteiger charge is -2.08. The molecule has 1 aromatic carbocycles. The minimum atomic E-state index is -0.410.